The normalized spacial score (nSPS) is 25.1. The van der Waals surface area contributed by atoms with Crippen molar-refractivity contribution in [2.24, 2.45) is 0 Å². The molecule has 1 aliphatic rings. The highest BCUT2D eigenvalue weighted by molar-refractivity contribution is 8.01. The predicted molar refractivity (Wildman–Crippen MR) is 73.7 cm³/mol. The Kier molecular flexibility index (Phi) is 4.12. The van der Waals surface area contributed by atoms with E-state index in [2.05, 4.69) is 29.0 Å². The molecule has 0 spiro atoms. The molecule has 2 N–H and O–H groups in total. The van der Waals surface area contributed by atoms with Crippen LogP contribution >= 0.6 is 23.1 Å². The number of carbonyl (C=O) groups is 1. The number of hydrogen-bond acceptors (Lipinski definition) is 4. The zero-order valence-electron chi connectivity index (χ0n) is 10.3. The topological polar surface area (TPSA) is 41.1 Å². The number of amides is 1. The Labute approximate surface area is 110 Å². The lowest BCUT2D eigenvalue weighted by Gasteiger charge is -2.29. The van der Waals surface area contributed by atoms with Gasteiger partial charge in [0, 0.05) is 18.3 Å². The number of fused-ring (bicyclic) bond motifs is 1. The summed E-state index contributed by atoms with van der Waals surface area (Å²) in [7, 11) is 1.68. The summed E-state index contributed by atoms with van der Waals surface area (Å²) in [6.45, 7) is 4.16. The molecule has 5 heteroatoms. The number of hydrogen-bond donors (Lipinski definition) is 2. The summed E-state index contributed by atoms with van der Waals surface area (Å²) in [5, 5.41) is 8.84. The van der Waals surface area contributed by atoms with Gasteiger partial charge in [0.1, 0.15) is 0 Å². The molecule has 2 heterocycles. The Morgan fingerprint density at radius 2 is 2.35 bits per heavy atom. The average Bonchev–Trinajstić information content (AvgIpc) is 2.75. The van der Waals surface area contributed by atoms with Gasteiger partial charge in [-0.1, -0.05) is 6.92 Å². The van der Waals surface area contributed by atoms with Crippen molar-refractivity contribution in [2.45, 2.75) is 41.8 Å². The quantitative estimate of drug-likeness (QED) is 0.886. The second-order valence-corrected chi connectivity index (χ2v) is 7.01. The molecule has 0 aromatic carbocycles. The lowest BCUT2D eigenvalue weighted by atomic mass is 10.0. The molecule has 3 atom stereocenters. The Morgan fingerprint density at radius 3 is 3.06 bits per heavy atom. The van der Waals surface area contributed by atoms with E-state index in [0.717, 1.165) is 6.42 Å². The largest absolute Gasteiger partial charge is 0.358 e. The van der Waals surface area contributed by atoms with E-state index in [9.17, 15) is 4.79 Å². The van der Waals surface area contributed by atoms with Crippen molar-refractivity contribution in [1.82, 2.24) is 10.6 Å². The smallest absolute Gasteiger partial charge is 0.236 e. The van der Waals surface area contributed by atoms with Gasteiger partial charge in [0.15, 0.2) is 0 Å². The second kappa shape index (κ2) is 5.42. The minimum atomic E-state index is -0.145. The predicted octanol–water partition coefficient (Wildman–Crippen LogP) is 2.40. The molecule has 1 aliphatic heterocycles. The Balaban J connectivity index is 2.10. The minimum absolute atomic E-state index is 0.0488. The van der Waals surface area contributed by atoms with Gasteiger partial charge in [0.05, 0.1) is 10.3 Å². The van der Waals surface area contributed by atoms with E-state index in [1.165, 1.54) is 9.77 Å². The number of likely N-dealkylation sites (N-methyl/N-ethyl adjacent to an activating group) is 1. The molecule has 17 heavy (non-hydrogen) atoms. The third kappa shape index (κ3) is 2.84. The molecular weight excluding hydrogens is 252 g/mol. The lowest BCUT2D eigenvalue weighted by Crippen LogP contribution is -2.43. The van der Waals surface area contributed by atoms with E-state index in [-0.39, 0.29) is 11.9 Å². The highest BCUT2D eigenvalue weighted by Crippen LogP contribution is 2.43. The van der Waals surface area contributed by atoms with E-state index in [1.54, 1.807) is 18.4 Å². The van der Waals surface area contributed by atoms with Crippen LogP contribution in [-0.2, 0) is 4.79 Å². The average molecular weight is 270 g/mol. The summed E-state index contributed by atoms with van der Waals surface area (Å²) in [6.07, 6.45) is 1.08. The Hall–Kier alpha value is -0.520. The highest BCUT2D eigenvalue weighted by Gasteiger charge is 2.28. The molecule has 1 aromatic heterocycles. The fourth-order valence-corrected chi connectivity index (χ4v) is 4.67. The zero-order valence-corrected chi connectivity index (χ0v) is 12.0. The van der Waals surface area contributed by atoms with Gasteiger partial charge in [-0.05, 0) is 30.4 Å². The van der Waals surface area contributed by atoms with Crippen LogP contribution < -0.4 is 10.6 Å². The maximum atomic E-state index is 11.5. The van der Waals surface area contributed by atoms with Gasteiger partial charge in [-0.25, -0.2) is 0 Å². The number of carbonyl (C=O) groups excluding carboxylic acids is 1. The lowest BCUT2D eigenvalue weighted by molar-refractivity contribution is -0.122. The number of nitrogens with one attached hydrogen (secondary N) is 2. The van der Waals surface area contributed by atoms with Crippen molar-refractivity contribution in [1.29, 1.82) is 0 Å². The molecule has 2 rings (SSSR count). The van der Waals surface area contributed by atoms with E-state index in [4.69, 9.17) is 0 Å². The first kappa shape index (κ1) is 12.9. The third-order valence-corrected chi connectivity index (χ3v) is 5.34. The van der Waals surface area contributed by atoms with Crippen molar-refractivity contribution >= 4 is 29.0 Å². The Morgan fingerprint density at radius 1 is 1.59 bits per heavy atom. The summed E-state index contributed by atoms with van der Waals surface area (Å²) < 4.78 is 1.39. The van der Waals surface area contributed by atoms with Crippen molar-refractivity contribution in [3.8, 4) is 0 Å². The van der Waals surface area contributed by atoms with Gasteiger partial charge >= 0.3 is 0 Å². The van der Waals surface area contributed by atoms with E-state index < -0.39 is 0 Å². The highest BCUT2D eigenvalue weighted by atomic mass is 32.2. The molecule has 3 nitrogen and oxygen atoms in total. The van der Waals surface area contributed by atoms with E-state index in [1.807, 2.05) is 18.7 Å². The number of thioether (sulfide) groups is 1. The first-order valence-electron chi connectivity index (χ1n) is 5.83. The van der Waals surface area contributed by atoms with Gasteiger partial charge in [0.2, 0.25) is 5.91 Å². The van der Waals surface area contributed by atoms with Gasteiger partial charge in [-0.15, -0.1) is 23.1 Å². The van der Waals surface area contributed by atoms with Crippen molar-refractivity contribution in [2.75, 3.05) is 7.05 Å². The summed E-state index contributed by atoms with van der Waals surface area (Å²) in [6, 6.07) is 2.33. The third-order valence-electron chi connectivity index (χ3n) is 3.00. The van der Waals surface area contributed by atoms with Crippen LogP contribution in [0, 0.1) is 0 Å². The zero-order chi connectivity index (χ0) is 12.4. The molecule has 1 amide bonds. The van der Waals surface area contributed by atoms with Crippen molar-refractivity contribution in [3.63, 3.8) is 0 Å². The van der Waals surface area contributed by atoms with Crippen LogP contribution in [0.5, 0.6) is 0 Å². The fraction of sp³-hybridized carbons (Fsp3) is 0.583. The fourth-order valence-electron chi connectivity index (χ4n) is 2.10. The van der Waals surface area contributed by atoms with Gasteiger partial charge in [0.25, 0.3) is 0 Å². The monoisotopic (exact) mass is 270 g/mol. The molecule has 0 radical (unpaired) electrons. The van der Waals surface area contributed by atoms with Gasteiger partial charge in [-0.3, -0.25) is 10.1 Å². The van der Waals surface area contributed by atoms with Crippen LogP contribution in [-0.4, -0.2) is 24.2 Å². The van der Waals surface area contributed by atoms with Crippen LogP contribution in [0.25, 0.3) is 0 Å². The number of rotatable bonds is 3. The molecule has 0 saturated carbocycles. The SMILES string of the molecule is CNC(=O)C(C)NC1C[C@H](C)Sc2sccc21. The van der Waals surface area contributed by atoms with E-state index in [0.29, 0.717) is 11.3 Å². The van der Waals surface area contributed by atoms with Crippen molar-refractivity contribution < 1.29 is 4.79 Å². The summed E-state index contributed by atoms with van der Waals surface area (Å²) >= 11 is 3.74. The van der Waals surface area contributed by atoms with Crippen LogP contribution in [0.3, 0.4) is 0 Å². The maximum Gasteiger partial charge on any atom is 0.236 e. The molecule has 0 fully saturated rings. The first-order chi connectivity index (χ1) is 8.11. The standard InChI is InChI=1S/C12H18N2OS2/c1-7-6-10(14-8(2)11(15)13-3)9-4-5-16-12(9)17-7/h4-5,7-8,10,14H,6H2,1-3H3,(H,13,15)/t7-,8?,10?/m0/s1. The minimum Gasteiger partial charge on any atom is -0.358 e. The molecule has 0 bridgehead atoms. The number of thiophene rings is 1. The van der Waals surface area contributed by atoms with Crippen LogP contribution in [0.2, 0.25) is 0 Å². The van der Waals surface area contributed by atoms with Crippen molar-refractivity contribution in [3.05, 3.63) is 17.0 Å². The molecular formula is C12H18N2OS2. The molecule has 0 saturated heterocycles. The first-order valence-corrected chi connectivity index (χ1v) is 7.59. The second-order valence-electron chi connectivity index (χ2n) is 4.38. The van der Waals surface area contributed by atoms with E-state index >= 15 is 0 Å². The molecule has 1 aromatic rings. The Bertz CT molecular complexity index is 405. The van der Waals surface area contributed by atoms with Crippen LogP contribution in [0.15, 0.2) is 15.7 Å². The summed E-state index contributed by atoms with van der Waals surface area (Å²) in [4.78, 5) is 11.5. The molecule has 2 unspecified atom stereocenters. The van der Waals surface area contributed by atoms with Crippen LogP contribution in [0.4, 0.5) is 0 Å². The molecule has 94 valence electrons. The summed E-state index contributed by atoms with van der Waals surface area (Å²) in [5.41, 5.74) is 1.36. The van der Waals surface area contributed by atoms with Crippen LogP contribution in [0.1, 0.15) is 31.9 Å². The van der Waals surface area contributed by atoms with Gasteiger partial charge in [-0.2, -0.15) is 0 Å². The van der Waals surface area contributed by atoms with Gasteiger partial charge < -0.3 is 5.32 Å². The molecule has 0 aliphatic carbocycles. The summed E-state index contributed by atoms with van der Waals surface area (Å²) in [5.74, 6) is 0.0488. The maximum absolute atomic E-state index is 11.5.